The van der Waals surface area contributed by atoms with Crippen molar-refractivity contribution in [3.8, 4) is 0 Å². The van der Waals surface area contributed by atoms with E-state index in [1.807, 2.05) is 0 Å². The molecule has 7 nitrogen and oxygen atoms in total. The number of piperazine rings is 1. The van der Waals surface area contributed by atoms with Gasteiger partial charge in [0.05, 0.1) is 6.54 Å². The van der Waals surface area contributed by atoms with Crippen LogP contribution in [0.25, 0.3) is 0 Å². The van der Waals surface area contributed by atoms with Gasteiger partial charge >= 0.3 is 0 Å². The van der Waals surface area contributed by atoms with Crippen molar-refractivity contribution in [2.24, 2.45) is 10.9 Å². The zero-order chi connectivity index (χ0) is 22.1. The Labute approximate surface area is 189 Å². The molecule has 7 heteroatoms. The van der Waals surface area contributed by atoms with Crippen LogP contribution >= 0.6 is 0 Å². The van der Waals surface area contributed by atoms with Gasteiger partial charge in [0.2, 0.25) is 5.91 Å². The van der Waals surface area contributed by atoms with E-state index in [9.17, 15) is 4.79 Å². The molecule has 31 heavy (non-hydrogen) atoms. The number of piperidine rings is 1. The Kier molecular flexibility index (Phi) is 9.65. The molecule has 0 aromatic heterocycles. The summed E-state index contributed by atoms with van der Waals surface area (Å²) in [6.45, 7) is 17.8. The number of nitrogens with one attached hydrogen (secondary N) is 2. The van der Waals surface area contributed by atoms with E-state index >= 15 is 0 Å². The maximum atomic E-state index is 12.6. The van der Waals surface area contributed by atoms with Crippen LogP contribution in [0.3, 0.4) is 0 Å². The fourth-order valence-electron chi connectivity index (χ4n) is 5.06. The molecule has 0 aromatic carbocycles. The van der Waals surface area contributed by atoms with Gasteiger partial charge in [-0.15, -0.1) is 0 Å². The van der Waals surface area contributed by atoms with Crippen LogP contribution in [0.5, 0.6) is 0 Å². The number of amides is 1. The van der Waals surface area contributed by atoms with Gasteiger partial charge in [-0.3, -0.25) is 19.6 Å². The van der Waals surface area contributed by atoms with Gasteiger partial charge in [0, 0.05) is 70.9 Å². The van der Waals surface area contributed by atoms with E-state index < -0.39 is 0 Å². The SMILES string of the molecule is C=C(C)CN1CCC(NC(=NCCN2CCN(C(=O)C3CCCC3)CC2)NCC)CC1. The van der Waals surface area contributed by atoms with Crippen molar-refractivity contribution < 1.29 is 4.79 Å². The molecule has 0 bridgehead atoms. The molecule has 2 aliphatic heterocycles. The van der Waals surface area contributed by atoms with E-state index in [0.717, 1.165) is 97.1 Å². The first-order valence-corrected chi connectivity index (χ1v) is 12.5. The monoisotopic (exact) mass is 432 g/mol. The molecule has 0 atom stereocenters. The van der Waals surface area contributed by atoms with Crippen LogP contribution in [-0.2, 0) is 4.79 Å². The Morgan fingerprint density at radius 1 is 1.00 bits per heavy atom. The molecule has 1 saturated carbocycles. The zero-order valence-corrected chi connectivity index (χ0v) is 19.9. The summed E-state index contributed by atoms with van der Waals surface area (Å²) in [6.07, 6.45) is 6.94. The topological polar surface area (TPSA) is 63.2 Å². The summed E-state index contributed by atoms with van der Waals surface area (Å²) in [5, 5.41) is 7.04. The van der Waals surface area contributed by atoms with Gasteiger partial charge in [-0.2, -0.15) is 0 Å². The minimum absolute atomic E-state index is 0.303. The van der Waals surface area contributed by atoms with Crippen LogP contribution in [0.4, 0.5) is 0 Å². The number of likely N-dealkylation sites (tertiary alicyclic amines) is 1. The lowest BCUT2D eigenvalue weighted by atomic mass is 10.0. The van der Waals surface area contributed by atoms with Crippen molar-refractivity contribution in [1.82, 2.24) is 25.3 Å². The van der Waals surface area contributed by atoms with Crippen molar-refractivity contribution in [3.05, 3.63) is 12.2 Å². The molecule has 3 aliphatic rings. The second-order valence-corrected chi connectivity index (χ2v) is 9.56. The molecule has 176 valence electrons. The molecular weight excluding hydrogens is 388 g/mol. The highest BCUT2D eigenvalue weighted by atomic mass is 16.2. The first-order chi connectivity index (χ1) is 15.0. The molecule has 1 aliphatic carbocycles. The molecule has 0 radical (unpaired) electrons. The third-order valence-electron chi connectivity index (χ3n) is 6.84. The summed E-state index contributed by atoms with van der Waals surface area (Å²) >= 11 is 0. The predicted octanol–water partition coefficient (Wildman–Crippen LogP) is 1.92. The van der Waals surface area contributed by atoms with Crippen molar-refractivity contribution in [3.63, 3.8) is 0 Å². The van der Waals surface area contributed by atoms with E-state index in [0.29, 0.717) is 17.9 Å². The number of hydrogen-bond donors (Lipinski definition) is 2. The van der Waals surface area contributed by atoms with Crippen molar-refractivity contribution in [2.75, 3.05) is 65.4 Å². The van der Waals surface area contributed by atoms with E-state index in [1.54, 1.807) is 0 Å². The number of aliphatic imine (C=N–C) groups is 1. The maximum Gasteiger partial charge on any atom is 0.225 e. The summed E-state index contributed by atoms with van der Waals surface area (Å²) < 4.78 is 0. The average molecular weight is 433 g/mol. The highest BCUT2D eigenvalue weighted by molar-refractivity contribution is 5.80. The first-order valence-electron chi connectivity index (χ1n) is 12.5. The van der Waals surface area contributed by atoms with Gasteiger partial charge in [-0.25, -0.2) is 0 Å². The number of rotatable bonds is 8. The van der Waals surface area contributed by atoms with Gasteiger partial charge in [0.25, 0.3) is 0 Å². The lowest BCUT2D eigenvalue weighted by Crippen LogP contribution is -2.51. The molecule has 2 N–H and O–H groups in total. The van der Waals surface area contributed by atoms with Crippen LogP contribution < -0.4 is 10.6 Å². The zero-order valence-electron chi connectivity index (χ0n) is 19.9. The highest BCUT2D eigenvalue weighted by Gasteiger charge is 2.29. The molecule has 2 saturated heterocycles. The molecule has 3 fully saturated rings. The van der Waals surface area contributed by atoms with Crippen LogP contribution in [0.15, 0.2) is 17.1 Å². The third-order valence-corrected chi connectivity index (χ3v) is 6.84. The van der Waals surface area contributed by atoms with Crippen molar-refractivity contribution in [1.29, 1.82) is 0 Å². The van der Waals surface area contributed by atoms with Crippen LogP contribution in [0.1, 0.15) is 52.4 Å². The molecule has 1 amide bonds. The lowest BCUT2D eigenvalue weighted by Gasteiger charge is -2.35. The maximum absolute atomic E-state index is 12.6. The Bertz CT molecular complexity index is 599. The molecule has 0 unspecified atom stereocenters. The van der Waals surface area contributed by atoms with Gasteiger partial charge in [0.1, 0.15) is 0 Å². The van der Waals surface area contributed by atoms with Gasteiger partial charge in [0.15, 0.2) is 5.96 Å². The Morgan fingerprint density at radius 3 is 2.29 bits per heavy atom. The quantitative estimate of drug-likeness (QED) is 0.349. The minimum Gasteiger partial charge on any atom is -0.357 e. The Morgan fingerprint density at radius 2 is 1.68 bits per heavy atom. The Balaban J connectivity index is 1.36. The third kappa shape index (κ3) is 7.79. The van der Waals surface area contributed by atoms with Crippen LogP contribution in [0, 0.1) is 5.92 Å². The lowest BCUT2D eigenvalue weighted by molar-refractivity contribution is -0.137. The normalized spacial score (nSPS) is 22.6. The number of carbonyl (C=O) groups excluding carboxylic acids is 1. The second-order valence-electron chi connectivity index (χ2n) is 9.56. The van der Waals surface area contributed by atoms with Crippen molar-refractivity contribution >= 4 is 11.9 Å². The first kappa shape index (κ1) is 24.1. The van der Waals surface area contributed by atoms with Gasteiger partial charge < -0.3 is 15.5 Å². The number of carbonyl (C=O) groups is 1. The standard InChI is InChI=1S/C24H44N6O/c1-4-25-24(27-22-9-12-29(13-10-22)19-20(2)3)26-11-14-28-15-17-30(18-16-28)23(31)21-7-5-6-8-21/h21-22H,2,4-19H2,1,3H3,(H2,25,26,27). The highest BCUT2D eigenvalue weighted by Crippen LogP contribution is 2.26. The largest absolute Gasteiger partial charge is 0.357 e. The summed E-state index contributed by atoms with van der Waals surface area (Å²) in [5.74, 6) is 1.65. The van der Waals surface area contributed by atoms with E-state index in [1.165, 1.54) is 18.4 Å². The summed E-state index contributed by atoms with van der Waals surface area (Å²) in [7, 11) is 0. The second kappa shape index (κ2) is 12.4. The number of hydrogen-bond acceptors (Lipinski definition) is 4. The molecule has 0 aromatic rings. The smallest absolute Gasteiger partial charge is 0.225 e. The van der Waals surface area contributed by atoms with Gasteiger partial charge in [-0.1, -0.05) is 25.0 Å². The summed E-state index contributed by atoms with van der Waals surface area (Å²) in [6, 6.07) is 0.490. The van der Waals surface area contributed by atoms with E-state index in [2.05, 4.69) is 45.8 Å². The fraction of sp³-hybridized carbons (Fsp3) is 0.833. The van der Waals surface area contributed by atoms with E-state index in [-0.39, 0.29) is 0 Å². The number of nitrogens with zero attached hydrogens (tertiary/aromatic N) is 4. The molecular formula is C24H44N6O. The van der Waals surface area contributed by atoms with Crippen molar-refractivity contribution in [2.45, 2.75) is 58.4 Å². The predicted molar refractivity (Wildman–Crippen MR) is 128 cm³/mol. The van der Waals surface area contributed by atoms with Crippen LogP contribution in [0.2, 0.25) is 0 Å². The number of guanidine groups is 1. The Hall–Kier alpha value is -1.60. The van der Waals surface area contributed by atoms with Gasteiger partial charge in [-0.05, 0) is 39.5 Å². The summed E-state index contributed by atoms with van der Waals surface area (Å²) in [5.41, 5.74) is 1.24. The summed E-state index contributed by atoms with van der Waals surface area (Å²) in [4.78, 5) is 24.5. The minimum atomic E-state index is 0.303. The molecule has 0 spiro atoms. The van der Waals surface area contributed by atoms with E-state index in [4.69, 9.17) is 4.99 Å². The fourth-order valence-corrected chi connectivity index (χ4v) is 5.06. The average Bonchev–Trinajstić information content (AvgIpc) is 3.30. The molecule has 2 heterocycles. The molecule has 3 rings (SSSR count). The van der Waals surface area contributed by atoms with Crippen LogP contribution in [-0.4, -0.2) is 98.1 Å².